The molecule has 20 heavy (non-hydrogen) atoms. The fraction of sp³-hybridized carbons (Fsp3) is 0.467. The minimum Gasteiger partial charge on any atom is -0.496 e. The van der Waals surface area contributed by atoms with Crippen LogP contribution in [0.15, 0.2) is 24.4 Å². The molecule has 0 saturated carbocycles. The van der Waals surface area contributed by atoms with Crippen LogP contribution >= 0.6 is 0 Å². The smallest absolute Gasteiger partial charge is 0.121 e. The summed E-state index contributed by atoms with van der Waals surface area (Å²) in [6.07, 6.45) is 1.95. The molecule has 5 nitrogen and oxygen atoms in total. The Kier molecular flexibility index (Phi) is 4.74. The van der Waals surface area contributed by atoms with Crippen molar-refractivity contribution in [3.05, 3.63) is 35.7 Å². The number of ether oxygens (including phenoxy) is 1. The first-order valence-electron chi connectivity index (χ1n) is 6.87. The van der Waals surface area contributed by atoms with Gasteiger partial charge in [-0.2, -0.15) is 0 Å². The maximum Gasteiger partial charge on any atom is 0.121 e. The molecule has 0 bridgehead atoms. The van der Waals surface area contributed by atoms with Crippen LogP contribution in [0.3, 0.4) is 0 Å². The van der Waals surface area contributed by atoms with Gasteiger partial charge in [-0.1, -0.05) is 19.1 Å². The van der Waals surface area contributed by atoms with E-state index in [2.05, 4.69) is 29.5 Å². The Labute approximate surface area is 120 Å². The predicted molar refractivity (Wildman–Crippen MR) is 79.2 cm³/mol. The lowest BCUT2D eigenvalue weighted by molar-refractivity contribution is 0.411. The van der Waals surface area contributed by atoms with Gasteiger partial charge >= 0.3 is 0 Å². The Morgan fingerprint density at radius 1 is 1.35 bits per heavy atom. The van der Waals surface area contributed by atoms with Crippen molar-refractivity contribution in [3.63, 3.8) is 0 Å². The Hall–Kier alpha value is -1.88. The second-order valence-electron chi connectivity index (χ2n) is 5.33. The highest BCUT2D eigenvalue weighted by Crippen LogP contribution is 2.20. The number of hydrogen-bond donors (Lipinski definition) is 1. The molecule has 5 heteroatoms. The first-order chi connectivity index (χ1) is 9.60. The van der Waals surface area contributed by atoms with E-state index < -0.39 is 0 Å². The van der Waals surface area contributed by atoms with Gasteiger partial charge in [-0.15, -0.1) is 5.10 Å². The summed E-state index contributed by atoms with van der Waals surface area (Å²) in [5.74, 6) is 1.52. The van der Waals surface area contributed by atoms with Gasteiger partial charge in [0.05, 0.1) is 24.7 Å². The van der Waals surface area contributed by atoms with Crippen molar-refractivity contribution in [2.75, 3.05) is 13.7 Å². The van der Waals surface area contributed by atoms with E-state index in [4.69, 9.17) is 4.74 Å². The van der Waals surface area contributed by atoms with E-state index >= 15 is 0 Å². The summed E-state index contributed by atoms with van der Waals surface area (Å²) >= 11 is 0. The van der Waals surface area contributed by atoms with Crippen molar-refractivity contribution >= 4 is 0 Å². The van der Waals surface area contributed by atoms with Crippen LogP contribution in [0.5, 0.6) is 5.75 Å². The van der Waals surface area contributed by atoms with Gasteiger partial charge in [0.2, 0.25) is 0 Å². The molecule has 0 amide bonds. The monoisotopic (exact) mass is 274 g/mol. The van der Waals surface area contributed by atoms with Gasteiger partial charge < -0.3 is 10.1 Å². The maximum atomic E-state index is 5.26. The molecule has 0 aliphatic rings. The second kappa shape index (κ2) is 6.52. The van der Waals surface area contributed by atoms with Gasteiger partial charge in [0.1, 0.15) is 5.75 Å². The van der Waals surface area contributed by atoms with E-state index in [0.717, 1.165) is 35.8 Å². The van der Waals surface area contributed by atoms with Crippen molar-refractivity contribution in [1.82, 2.24) is 20.3 Å². The Morgan fingerprint density at radius 2 is 2.15 bits per heavy atom. The average Bonchev–Trinajstić information content (AvgIpc) is 2.87. The van der Waals surface area contributed by atoms with Crippen LogP contribution in [0.2, 0.25) is 0 Å². The number of hydrogen-bond acceptors (Lipinski definition) is 4. The Morgan fingerprint density at radius 3 is 2.80 bits per heavy atom. The van der Waals surface area contributed by atoms with Crippen molar-refractivity contribution < 1.29 is 4.74 Å². The first kappa shape index (κ1) is 14.5. The number of aryl methyl sites for hydroxylation is 1. The van der Waals surface area contributed by atoms with Crippen LogP contribution in [0.25, 0.3) is 5.69 Å². The van der Waals surface area contributed by atoms with Crippen LogP contribution in [0, 0.1) is 12.8 Å². The summed E-state index contributed by atoms with van der Waals surface area (Å²) in [6.45, 7) is 8.11. The summed E-state index contributed by atoms with van der Waals surface area (Å²) in [5.41, 5.74) is 3.02. The molecule has 0 fully saturated rings. The molecular formula is C15H22N4O. The Balaban J connectivity index is 2.06. The zero-order valence-corrected chi connectivity index (χ0v) is 12.6. The number of aromatic nitrogens is 3. The molecule has 0 radical (unpaired) electrons. The number of methoxy groups -OCH3 is 1. The lowest BCUT2D eigenvalue weighted by Crippen LogP contribution is -2.19. The fourth-order valence-electron chi connectivity index (χ4n) is 2.00. The Bertz CT molecular complexity index is 563. The van der Waals surface area contributed by atoms with Gasteiger partial charge in [-0.3, -0.25) is 0 Å². The van der Waals surface area contributed by atoms with E-state index in [1.54, 1.807) is 11.8 Å². The normalized spacial score (nSPS) is 11.1. The molecule has 0 unspecified atom stereocenters. The molecule has 0 spiro atoms. The van der Waals surface area contributed by atoms with Crippen LogP contribution in [0.1, 0.15) is 25.1 Å². The molecule has 2 aromatic rings. The highest BCUT2D eigenvalue weighted by Gasteiger charge is 2.05. The molecule has 0 atom stereocenters. The molecule has 1 aromatic carbocycles. The van der Waals surface area contributed by atoms with Crippen molar-refractivity contribution in [2.45, 2.75) is 27.3 Å². The van der Waals surface area contributed by atoms with Crippen LogP contribution in [-0.2, 0) is 6.54 Å². The topological polar surface area (TPSA) is 52.0 Å². The van der Waals surface area contributed by atoms with Crippen LogP contribution < -0.4 is 10.1 Å². The third-order valence-corrected chi connectivity index (χ3v) is 3.04. The minimum atomic E-state index is 0.634. The zero-order valence-electron chi connectivity index (χ0n) is 12.6. The largest absolute Gasteiger partial charge is 0.496 e. The SMILES string of the molecule is COc1ccc(-n2cc(CNCC(C)C)nn2)cc1C. The maximum absolute atomic E-state index is 5.26. The van der Waals surface area contributed by atoms with Gasteiger partial charge in [-0.05, 0) is 43.1 Å². The lowest BCUT2D eigenvalue weighted by Gasteiger charge is -2.06. The molecule has 1 heterocycles. The molecule has 1 aromatic heterocycles. The summed E-state index contributed by atoms with van der Waals surface area (Å²) < 4.78 is 7.05. The second-order valence-corrected chi connectivity index (χ2v) is 5.33. The van der Waals surface area contributed by atoms with Gasteiger partial charge in [-0.25, -0.2) is 4.68 Å². The molecule has 1 N–H and O–H groups in total. The average molecular weight is 274 g/mol. The summed E-state index contributed by atoms with van der Waals surface area (Å²) in [7, 11) is 1.68. The molecule has 0 saturated heterocycles. The zero-order chi connectivity index (χ0) is 14.5. The van der Waals surface area contributed by atoms with E-state index in [0.29, 0.717) is 5.92 Å². The minimum absolute atomic E-state index is 0.634. The summed E-state index contributed by atoms with van der Waals surface area (Å²) in [4.78, 5) is 0. The van der Waals surface area contributed by atoms with Gasteiger partial charge in [0, 0.05) is 6.54 Å². The van der Waals surface area contributed by atoms with Gasteiger partial charge in [0.15, 0.2) is 0 Å². The van der Waals surface area contributed by atoms with Crippen molar-refractivity contribution in [2.24, 2.45) is 5.92 Å². The lowest BCUT2D eigenvalue weighted by atomic mass is 10.2. The molecule has 0 aliphatic heterocycles. The van der Waals surface area contributed by atoms with E-state index in [1.165, 1.54) is 0 Å². The van der Waals surface area contributed by atoms with Crippen molar-refractivity contribution in [1.29, 1.82) is 0 Å². The quantitative estimate of drug-likeness (QED) is 0.878. The molecule has 2 rings (SSSR count). The third-order valence-electron chi connectivity index (χ3n) is 3.04. The van der Waals surface area contributed by atoms with E-state index in [1.807, 2.05) is 31.3 Å². The van der Waals surface area contributed by atoms with E-state index in [9.17, 15) is 0 Å². The molecule has 0 aliphatic carbocycles. The van der Waals surface area contributed by atoms with Crippen LogP contribution in [0.4, 0.5) is 0 Å². The standard InChI is InChI=1S/C15H22N4O/c1-11(2)8-16-9-13-10-19(18-17-13)14-5-6-15(20-4)12(3)7-14/h5-7,10-11,16H,8-9H2,1-4H3. The summed E-state index contributed by atoms with van der Waals surface area (Å²) in [6, 6.07) is 5.97. The number of nitrogens with zero attached hydrogens (tertiary/aromatic N) is 3. The number of nitrogens with one attached hydrogen (secondary N) is 1. The highest BCUT2D eigenvalue weighted by atomic mass is 16.5. The highest BCUT2D eigenvalue weighted by molar-refractivity contribution is 5.43. The van der Waals surface area contributed by atoms with Crippen LogP contribution in [-0.4, -0.2) is 28.6 Å². The third kappa shape index (κ3) is 3.57. The summed E-state index contributed by atoms with van der Waals surface area (Å²) in [5, 5.41) is 11.7. The molecule has 108 valence electrons. The van der Waals surface area contributed by atoms with Crippen molar-refractivity contribution in [3.8, 4) is 11.4 Å². The van der Waals surface area contributed by atoms with Gasteiger partial charge in [0.25, 0.3) is 0 Å². The first-order valence-corrected chi connectivity index (χ1v) is 6.87. The fourth-order valence-corrected chi connectivity index (χ4v) is 2.00. The van der Waals surface area contributed by atoms with E-state index in [-0.39, 0.29) is 0 Å². The predicted octanol–water partition coefficient (Wildman–Crippen LogP) is 2.33. The number of benzene rings is 1. The number of rotatable bonds is 6. The molecular weight excluding hydrogens is 252 g/mol.